The van der Waals surface area contributed by atoms with E-state index in [-0.39, 0.29) is 6.10 Å². The van der Waals surface area contributed by atoms with Gasteiger partial charge in [0, 0.05) is 38.4 Å². The summed E-state index contributed by atoms with van der Waals surface area (Å²) >= 11 is 0. The molecule has 3 rings (SSSR count). The third kappa shape index (κ3) is 5.48. The summed E-state index contributed by atoms with van der Waals surface area (Å²) in [5, 5.41) is 7.69. The van der Waals surface area contributed by atoms with Crippen LogP contribution >= 0.6 is 0 Å². The van der Waals surface area contributed by atoms with Crippen molar-refractivity contribution in [3.05, 3.63) is 47.8 Å². The molecule has 2 heterocycles. The highest BCUT2D eigenvalue weighted by Gasteiger charge is 2.25. The number of morpholine rings is 1. The van der Waals surface area contributed by atoms with E-state index in [4.69, 9.17) is 14.5 Å². The van der Waals surface area contributed by atoms with Crippen molar-refractivity contribution in [1.29, 1.82) is 0 Å². The maximum Gasteiger partial charge on any atom is 0.194 e. The van der Waals surface area contributed by atoms with E-state index in [1.54, 1.807) is 7.11 Å². The molecule has 0 bridgehead atoms. The number of ether oxygens (including phenoxy) is 2. The number of nitrogens with one attached hydrogen (secondary N) is 1. The van der Waals surface area contributed by atoms with E-state index in [2.05, 4.69) is 34.4 Å². The van der Waals surface area contributed by atoms with Crippen LogP contribution in [0.4, 0.5) is 0 Å². The van der Waals surface area contributed by atoms with Gasteiger partial charge in [-0.05, 0) is 37.5 Å². The number of aryl methyl sites for hydroxylation is 2. The zero-order chi connectivity index (χ0) is 19.8. The van der Waals surface area contributed by atoms with Crippen LogP contribution in [0.15, 0.2) is 41.7 Å². The van der Waals surface area contributed by atoms with Crippen LogP contribution in [-0.2, 0) is 18.2 Å². The van der Waals surface area contributed by atoms with Crippen LogP contribution < -0.4 is 10.1 Å². The average molecular weight is 386 g/mol. The van der Waals surface area contributed by atoms with Gasteiger partial charge in [-0.25, -0.2) is 0 Å². The van der Waals surface area contributed by atoms with Gasteiger partial charge in [0.05, 0.1) is 26.5 Å². The van der Waals surface area contributed by atoms with Gasteiger partial charge in [0.2, 0.25) is 0 Å². The van der Waals surface area contributed by atoms with Crippen molar-refractivity contribution in [3.8, 4) is 5.75 Å². The first-order valence-electron chi connectivity index (χ1n) is 9.96. The van der Waals surface area contributed by atoms with E-state index in [0.29, 0.717) is 6.61 Å². The number of nitrogens with zero attached hydrogens (tertiary/aromatic N) is 4. The van der Waals surface area contributed by atoms with Gasteiger partial charge in [-0.2, -0.15) is 5.10 Å². The summed E-state index contributed by atoms with van der Waals surface area (Å²) in [6, 6.07) is 8.26. The number of methoxy groups -OCH3 is 1. The first-order valence-corrected chi connectivity index (χ1v) is 9.96. The van der Waals surface area contributed by atoms with Gasteiger partial charge in [0.25, 0.3) is 0 Å². The van der Waals surface area contributed by atoms with Crippen molar-refractivity contribution in [3.63, 3.8) is 0 Å². The quantitative estimate of drug-likeness (QED) is 0.450. The molecule has 152 valence electrons. The Balaban J connectivity index is 1.55. The van der Waals surface area contributed by atoms with E-state index in [1.807, 2.05) is 36.3 Å². The molecule has 1 aliphatic heterocycles. The van der Waals surface area contributed by atoms with Gasteiger partial charge in [0.15, 0.2) is 5.96 Å². The molecule has 1 aliphatic rings. The van der Waals surface area contributed by atoms with Crippen LogP contribution in [0.25, 0.3) is 0 Å². The van der Waals surface area contributed by atoms with Crippen molar-refractivity contribution in [2.75, 3.05) is 39.9 Å². The minimum atomic E-state index is 0.0330. The van der Waals surface area contributed by atoms with Crippen molar-refractivity contribution in [1.82, 2.24) is 20.0 Å². The van der Waals surface area contributed by atoms with Crippen molar-refractivity contribution >= 4 is 5.96 Å². The first-order chi connectivity index (χ1) is 13.7. The lowest BCUT2D eigenvalue weighted by Crippen LogP contribution is -2.48. The lowest BCUT2D eigenvalue weighted by atomic mass is 10.1. The second kappa shape index (κ2) is 10.1. The van der Waals surface area contributed by atoms with Gasteiger partial charge in [-0.1, -0.05) is 12.1 Å². The molecule has 0 spiro atoms. The second-order valence-corrected chi connectivity index (χ2v) is 6.94. The number of rotatable bonds is 7. The van der Waals surface area contributed by atoms with Crippen molar-refractivity contribution in [2.24, 2.45) is 12.0 Å². The average Bonchev–Trinajstić information content (AvgIpc) is 3.17. The smallest absolute Gasteiger partial charge is 0.194 e. The SMILES string of the molecule is CCNC(=NCCCc1ccc(OC)cc1)N1CCOC(c2cnn(C)c2)C1. The molecule has 28 heavy (non-hydrogen) atoms. The molecule has 1 atom stereocenters. The Labute approximate surface area is 167 Å². The maximum atomic E-state index is 5.95. The third-order valence-electron chi connectivity index (χ3n) is 4.84. The highest BCUT2D eigenvalue weighted by molar-refractivity contribution is 5.80. The lowest BCUT2D eigenvalue weighted by Gasteiger charge is -2.34. The number of hydrogen-bond donors (Lipinski definition) is 1. The Morgan fingerprint density at radius 3 is 2.86 bits per heavy atom. The molecule has 1 unspecified atom stereocenters. The molecule has 7 heteroatoms. The summed E-state index contributed by atoms with van der Waals surface area (Å²) in [6.07, 6.45) is 5.96. The zero-order valence-corrected chi connectivity index (χ0v) is 17.1. The van der Waals surface area contributed by atoms with Crippen molar-refractivity contribution in [2.45, 2.75) is 25.9 Å². The second-order valence-electron chi connectivity index (χ2n) is 6.94. The molecule has 1 aromatic carbocycles. The number of aliphatic imine (C=N–C) groups is 1. The van der Waals surface area contributed by atoms with Gasteiger partial charge in [-0.15, -0.1) is 0 Å². The minimum absolute atomic E-state index is 0.0330. The number of benzene rings is 1. The Kier molecular flexibility index (Phi) is 7.31. The normalized spacial score (nSPS) is 17.6. The van der Waals surface area contributed by atoms with Crippen LogP contribution in [0, 0.1) is 0 Å². The molecular formula is C21H31N5O2. The molecule has 7 nitrogen and oxygen atoms in total. The van der Waals surface area contributed by atoms with Gasteiger partial charge >= 0.3 is 0 Å². The maximum absolute atomic E-state index is 5.95. The predicted molar refractivity (Wildman–Crippen MR) is 111 cm³/mol. The van der Waals surface area contributed by atoms with E-state index in [9.17, 15) is 0 Å². The van der Waals surface area contributed by atoms with E-state index < -0.39 is 0 Å². The molecule has 1 fully saturated rings. The Morgan fingerprint density at radius 1 is 1.36 bits per heavy atom. The van der Waals surface area contributed by atoms with E-state index in [0.717, 1.165) is 56.3 Å². The van der Waals surface area contributed by atoms with Crippen LogP contribution in [0.5, 0.6) is 5.75 Å². The first kappa shape index (κ1) is 20.2. The number of hydrogen-bond acceptors (Lipinski definition) is 4. The molecule has 0 aliphatic carbocycles. The summed E-state index contributed by atoms with van der Waals surface area (Å²) in [5.74, 6) is 1.86. The summed E-state index contributed by atoms with van der Waals surface area (Å²) < 4.78 is 13.0. The minimum Gasteiger partial charge on any atom is -0.497 e. The summed E-state index contributed by atoms with van der Waals surface area (Å²) in [7, 11) is 3.62. The standard InChI is InChI=1S/C21H31N5O2/c1-4-22-21(23-11-5-6-17-7-9-19(27-3)10-8-17)26-12-13-28-20(16-26)18-14-24-25(2)15-18/h7-10,14-15,20H,4-6,11-13,16H2,1-3H3,(H,22,23). The van der Waals surface area contributed by atoms with E-state index in [1.165, 1.54) is 5.56 Å². The molecule has 0 amide bonds. The van der Waals surface area contributed by atoms with Gasteiger partial charge in [-0.3, -0.25) is 9.67 Å². The van der Waals surface area contributed by atoms with Crippen LogP contribution in [-0.4, -0.2) is 60.5 Å². The van der Waals surface area contributed by atoms with Crippen LogP contribution in [0.1, 0.15) is 30.6 Å². The topological polar surface area (TPSA) is 63.9 Å². The highest BCUT2D eigenvalue weighted by atomic mass is 16.5. The van der Waals surface area contributed by atoms with Crippen LogP contribution in [0.3, 0.4) is 0 Å². The molecule has 2 aromatic rings. The summed E-state index contributed by atoms with van der Waals surface area (Å²) in [4.78, 5) is 7.14. The summed E-state index contributed by atoms with van der Waals surface area (Å²) in [5.41, 5.74) is 2.42. The number of guanidine groups is 1. The largest absolute Gasteiger partial charge is 0.497 e. The predicted octanol–water partition coefficient (Wildman–Crippen LogP) is 2.40. The molecule has 0 radical (unpaired) electrons. The van der Waals surface area contributed by atoms with Gasteiger partial charge in [0.1, 0.15) is 11.9 Å². The van der Waals surface area contributed by atoms with Crippen LogP contribution in [0.2, 0.25) is 0 Å². The van der Waals surface area contributed by atoms with Crippen molar-refractivity contribution < 1.29 is 9.47 Å². The Bertz CT molecular complexity index is 756. The highest BCUT2D eigenvalue weighted by Crippen LogP contribution is 2.21. The summed E-state index contributed by atoms with van der Waals surface area (Å²) in [6.45, 7) is 6.08. The Morgan fingerprint density at radius 2 is 2.18 bits per heavy atom. The third-order valence-corrected chi connectivity index (χ3v) is 4.84. The Hall–Kier alpha value is -2.54. The fourth-order valence-electron chi connectivity index (χ4n) is 3.34. The molecule has 1 saturated heterocycles. The monoisotopic (exact) mass is 385 g/mol. The molecule has 1 aromatic heterocycles. The number of aromatic nitrogens is 2. The fraction of sp³-hybridized carbons (Fsp3) is 0.524. The molecule has 1 N–H and O–H groups in total. The fourth-order valence-corrected chi connectivity index (χ4v) is 3.34. The molecule has 0 saturated carbocycles. The molecular weight excluding hydrogens is 354 g/mol. The lowest BCUT2D eigenvalue weighted by molar-refractivity contribution is -0.00804. The van der Waals surface area contributed by atoms with E-state index >= 15 is 0 Å². The zero-order valence-electron chi connectivity index (χ0n) is 17.1. The van der Waals surface area contributed by atoms with Gasteiger partial charge < -0.3 is 19.7 Å².